The number of benzene rings is 2. The first kappa shape index (κ1) is 18.8. The van der Waals surface area contributed by atoms with E-state index in [-0.39, 0.29) is 12.2 Å². The lowest BCUT2D eigenvalue weighted by molar-refractivity contribution is -0.137. The van der Waals surface area contributed by atoms with Crippen molar-refractivity contribution in [3.63, 3.8) is 0 Å². The first-order valence-electron chi connectivity index (χ1n) is 7.01. The second-order valence-electron chi connectivity index (χ2n) is 4.94. The number of nitrogens with one attached hydrogen (secondary N) is 3. The molecule has 3 N–H and O–H groups in total. The third kappa shape index (κ3) is 6.11. The highest BCUT2D eigenvalue weighted by atomic mass is 79.9. The average Bonchev–Trinajstić information content (AvgIpc) is 2.55. The Morgan fingerprint density at radius 3 is 1.96 bits per heavy atom. The van der Waals surface area contributed by atoms with Crippen molar-refractivity contribution in [3.05, 3.63) is 58.6 Å². The molecule has 0 aromatic heterocycles. The monoisotopic (exact) mass is 415 g/mol. The Morgan fingerprint density at radius 2 is 1.40 bits per heavy atom. The van der Waals surface area contributed by atoms with Gasteiger partial charge in [-0.1, -0.05) is 15.9 Å². The number of rotatable bonds is 4. The van der Waals surface area contributed by atoms with E-state index in [0.717, 1.165) is 28.7 Å². The minimum atomic E-state index is -4.44. The van der Waals surface area contributed by atoms with Gasteiger partial charge in [0.15, 0.2) is 0 Å². The van der Waals surface area contributed by atoms with Crippen LogP contribution in [0.5, 0.6) is 0 Å². The van der Waals surface area contributed by atoms with Gasteiger partial charge in [-0.25, -0.2) is 4.79 Å². The Balaban J connectivity index is 1.80. The van der Waals surface area contributed by atoms with Crippen molar-refractivity contribution >= 4 is 39.2 Å². The second kappa shape index (κ2) is 8.02. The van der Waals surface area contributed by atoms with Gasteiger partial charge in [-0.15, -0.1) is 0 Å². The highest BCUT2D eigenvalue weighted by Crippen LogP contribution is 2.29. The Bertz CT molecular complexity index is 747. The van der Waals surface area contributed by atoms with Gasteiger partial charge >= 0.3 is 12.2 Å². The molecular weight excluding hydrogens is 403 g/mol. The van der Waals surface area contributed by atoms with Gasteiger partial charge in [-0.05, 0) is 48.5 Å². The summed E-state index contributed by atoms with van der Waals surface area (Å²) in [5.74, 6) is -0.440. The van der Waals surface area contributed by atoms with E-state index in [4.69, 9.17) is 0 Å². The smallest absolute Gasteiger partial charge is 0.329 e. The van der Waals surface area contributed by atoms with Gasteiger partial charge in [0, 0.05) is 15.8 Å². The zero-order valence-corrected chi connectivity index (χ0v) is 14.2. The summed E-state index contributed by atoms with van der Waals surface area (Å²) in [6.45, 7) is -0.289. The van der Waals surface area contributed by atoms with E-state index in [1.807, 2.05) is 0 Å². The fourth-order valence-corrected chi connectivity index (χ4v) is 2.08. The summed E-state index contributed by atoms with van der Waals surface area (Å²) >= 11 is 3.27. The van der Waals surface area contributed by atoms with Crippen LogP contribution in [0.4, 0.5) is 29.3 Å². The van der Waals surface area contributed by atoms with E-state index < -0.39 is 23.7 Å². The van der Waals surface area contributed by atoms with E-state index in [1.165, 1.54) is 0 Å². The molecular formula is C16H13BrF3N3O2. The molecule has 0 bridgehead atoms. The SMILES string of the molecule is O=C(CNC(=O)Nc1ccc(C(F)(F)F)cc1)Nc1ccc(Br)cc1. The molecule has 2 aromatic carbocycles. The van der Waals surface area contributed by atoms with Crippen LogP contribution < -0.4 is 16.0 Å². The van der Waals surface area contributed by atoms with Gasteiger partial charge in [-0.2, -0.15) is 13.2 Å². The summed E-state index contributed by atoms with van der Waals surface area (Å²) in [6.07, 6.45) is -4.44. The van der Waals surface area contributed by atoms with E-state index in [0.29, 0.717) is 5.69 Å². The predicted octanol–water partition coefficient (Wildman–Crippen LogP) is 4.23. The van der Waals surface area contributed by atoms with Crippen molar-refractivity contribution in [2.75, 3.05) is 17.2 Å². The van der Waals surface area contributed by atoms with Crippen molar-refractivity contribution < 1.29 is 22.8 Å². The van der Waals surface area contributed by atoms with E-state index in [2.05, 4.69) is 31.9 Å². The van der Waals surface area contributed by atoms with E-state index in [9.17, 15) is 22.8 Å². The molecule has 0 fully saturated rings. The zero-order chi connectivity index (χ0) is 18.4. The van der Waals surface area contributed by atoms with E-state index in [1.54, 1.807) is 24.3 Å². The maximum atomic E-state index is 12.4. The van der Waals surface area contributed by atoms with Crippen LogP contribution in [-0.2, 0) is 11.0 Å². The van der Waals surface area contributed by atoms with Crippen LogP contribution in [0.2, 0.25) is 0 Å². The zero-order valence-electron chi connectivity index (χ0n) is 12.7. The van der Waals surface area contributed by atoms with Crippen molar-refractivity contribution in [3.8, 4) is 0 Å². The number of alkyl halides is 3. The number of hydrogen-bond donors (Lipinski definition) is 3. The molecule has 0 aliphatic heterocycles. The maximum absolute atomic E-state index is 12.4. The number of anilines is 2. The summed E-state index contributed by atoms with van der Waals surface area (Å²) in [7, 11) is 0. The number of amides is 3. The molecule has 0 saturated heterocycles. The van der Waals surface area contributed by atoms with Gasteiger partial charge in [0.25, 0.3) is 0 Å². The summed E-state index contributed by atoms with van der Waals surface area (Å²) in [5, 5.41) is 7.24. The van der Waals surface area contributed by atoms with Gasteiger partial charge in [0.1, 0.15) is 0 Å². The normalized spacial score (nSPS) is 10.9. The topological polar surface area (TPSA) is 70.2 Å². The van der Waals surface area contributed by atoms with Crippen LogP contribution in [0.1, 0.15) is 5.56 Å². The molecule has 0 unspecified atom stereocenters. The highest BCUT2D eigenvalue weighted by molar-refractivity contribution is 9.10. The molecule has 9 heteroatoms. The van der Waals surface area contributed by atoms with Crippen LogP contribution in [0.15, 0.2) is 53.0 Å². The molecule has 5 nitrogen and oxygen atoms in total. The summed E-state index contributed by atoms with van der Waals surface area (Å²) < 4.78 is 38.2. The summed E-state index contributed by atoms with van der Waals surface area (Å²) in [4.78, 5) is 23.4. The van der Waals surface area contributed by atoms with E-state index >= 15 is 0 Å². The Kier molecular flexibility index (Phi) is 6.02. The van der Waals surface area contributed by atoms with Crippen molar-refractivity contribution in [1.29, 1.82) is 0 Å². The summed E-state index contributed by atoms with van der Waals surface area (Å²) in [5.41, 5.74) is -0.0655. The Morgan fingerprint density at radius 1 is 0.880 bits per heavy atom. The van der Waals surface area contributed by atoms with Crippen LogP contribution in [0.3, 0.4) is 0 Å². The molecule has 0 atom stereocenters. The molecule has 0 spiro atoms. The predicted molar refractivity (Wildman–Crippen MR) is 91.2 cm³/mol. The molecule has 0 radical (unpaired) electrons. The maximum Gasteiger partial charge on any atom is 0.416 e. The number of halogens is 4. The summed E-state index contributed by atoms with van der Waals surface area (Å²) in [6, 6.07) is 10.1. The quantitative estimate of drug-likeness (QED) is 0.699. The molecule has 132 valence electrons. The molecule has 0 heterocycles. The van der Waals surface area contributed by atoms with Crippen LogP contribution in [0, 0.1) is 0 Å². The third-order valence-corrected chi connectivity index (χ3v) is 3.54. The lowest BCUT2D eigenvalue weighted by Crippen LogP contribution is -2.35. The first-order valence-corrected chi connectivity index (χ1v) is 7.81. The van der Waals surface area contributed by atoms with Crippen LogP contribution in [-0.4, -0.2) is 18.5 Å². The van der Waals surface area contributed by atoms with Gasteiger partial charge in [0.05, 0.1) is 12.1 Å². The molecule has 2 rings (SSSR count). The number of carbonyl (C=O) groups excluding carboxylic acids is 2. The largest absolute Gasteiger partial charge is 0.416 e. The molecule has 0 saturated carbocycles. The van der Waals surface area contributed by atoms with Crippen molar-refractivity contribution in [2.24, 2.45) is 0 Å². The molecule has 0 aliphatic rings. The molecule has 2 aromatic rings. The Hall–Kier alpha value is -2.55. The standard InChI is InChI=1S/C16H13BrF3N3O2/c17-11-3-7-12(8-4-11)22-14(24)9-21-15(25)23-13-5-1-10(2-6-13)16(18,19)20/h1-8H,9H2,(H,22,24)(H2,21,23,25). The van der Waals surface area contributed by atoms with Crippen LogP contribution in [0.25, 0.3) is 0 Å². The minimum absolute atomic E-state index is 0.179. The molecule has 3 amide bonds. The Labute approximate surface area is 149 Å². The molecule has 0 aliphatic carbocycles. The van der Waals surface area contributed by atoms with Gasteiger partial charge in [0.2, 0.25) is 5.91 Å². The van der Waals surface area contributed by atoms with Crippen molar-refractivity contribution in [2.45, 2.75) is 6.18 Å². The minimum Gasteiger partial charge on any atom is -0.329 e. The average molecular weight is 416 g/mol. The van der Waals surface area contributed by atoms with Crippen LogP contribution >= 0.6 is 15.9 Å². The van der Waals surface area contributed by atoms with Crippen molar-refractivity contribution in [1.82, 2.24) is 5.32 Å². The highest BCUT2D eigenvalue weighted by Gasteiger charge is 2.29. The van der Waals surface area contributed by atoms with Gasteiger partial charge in [-0.3, -0.25) is 4.79 Å². The fraction of sp³-hybridized carbons (Fsp3) is 0.125. The molecule has 25 heavy (non-hydrogen) atoms. The fourth-order valence-electron chi connectivity index (χ4n) is 1.82. The lowest BCUT2D eigenvalue weighted by atomic mass is 10.2. The number of urea groups is 1. The number of carbonyl (C=O) groups is 2. The second-order valence-corrected chi connectivity index (χ2v) is 5.85. The lowest BCUT2D eigenvalue weighted by Gasteiger charge is -2.10. The van der Waals surface area contributed by atoms with Gasteiger partial charge < -0.3 is 16.0 Å². The first-order chi connectivity index (χ1) is 11.7. The third-order valence-electron chi connectivity index (χ3n) is 3.01. The number of hydrogen-bond acceptors (Lipinski definition) is 2.